The lowest BCUT2D eigenvalue weighted by molar-refractivity contribution is -0.146. The number of aryl methyl sites for hydroxylation is 1. The fourth-order valence-electron chi connectivity index (χ4n) is 2.51. The van der Waals surface area contributed by atoms with Gasteiger partial charge in [-0.3, -0.25) is 4.79 Å². The monoisotopic (exact) mass is 319 g/mol. The van der Waals surface area contributed by atoms with Crippen LogP contribution in [0.1, 0.15) is 71.6 Å². The zero-order chi connectivity index (χ0) is 18.0. The van der Waals surface area contributed by atoms with Crippen LogP contribution < -0.4 is 0 Å². The van der Waals surface area contributed by atoms with E-state index in [0.717, 1.165) is 16.7 Å². The van der Waals surface area contributed by atoms with Gasteiger partial charge in [-0.2, -0.15) is 0 Å². The third kappa shape index (κ3) is 5.56. The number of esters is 1. The van der Waals surface area contributed by atoms with Gasteiger partial charge < -0.3 is 9.84 Å². The van der Waals surface area contributed by atoms with Crippen molar-refractivity contribution in [2.45, 2.75) is 78.2 Å². The first-order chi connectivity index (χ1) is 10.3. The molecule has 1 N–H and O–H groups in total. The lowest BCUT2D eigenvalue weighted by atomic mass is 9.78. The first-order valence-electron chi connectivity index (χ1n) is 8.21. The highest BCUT2D eigenvalue weighted by atomic mass is 16.5. The normalized spacial score (nSPS) is 12.6. The number of aromatic hydroxyl groups is 1. The van der Waals surface area contributed by atoms with Crippen LogP contribution in [0.2, 0.25) is 0 Å². The maximum absolute atomic E-state index is 11.7. The number of phenolic OH excluding ortho intramolecular Hbond substituents is 1. The molecule has 0 saturated carbocycles. The molecule has 3 heteroatoms. The van der Waals surface area contributed by atoms with Crippen LogP contribution >= 0.6 is 0 Å². The summed E-state index contributed by atoms with van der Waals surface area (Å²) in [6, 6.07) is 4.01. The molecular formula is C20H31O3. The maximum Gasteiger partial charge on any atom is 0.306 e. The van der Waals surface area contributed by atoms with Crippen molar-refractivity contribution in [3.05, 3.63) is 35.7 Å². The smallest absolute Gasteiger partial charge is 0.306 e. The molecule has 0 bridgehead atoms. The van der Waals surface area contributed by atoms with E-state index in [0.29, 0.717) is 18.6 Å². The lowest BCUT2D eigenvalue weighted by Gasteiger charge is -2.28. The van der Waals surface area contributed by atoms with E-state index in [1.165, 1.54) is 0 Å². The summed E-state index contributed by atoms with van der Waals surface area (Å²) in [4.78, 5) is 11.7. The van der Waals surface area contributed by atoms with Crippen LogP contribution in [0, 0.1) is 6.92 Å². The number of hydrogen-bond acceptors (Lipinski definition) is 3. The number of benzene rings is 1. The van der Waals surface area contributed by atoms with E-state index in [9.17, 15) is 9.90 Å². The molecule has 3 nitrogen and oxygen atoms in total. The van der Waals surface area contributed by atoms with E-state index in [4.69, 9.17) is 4.74 Å². The summed E-state index contributed by atoms with van der Waals surface area (Å²) < 4.78 is 5.09. The molecule has 0 spiro atoms. The first kappa shape index (κ1) is 19.5. The average Bonchev–Trinajstić information content (AvgIpc) is 2.33. The molecule has 1 rings (SSSR count). The number of carbonyl (C=O) groups is 1. The minimum atomic E-state index is -0.336. The zero-order valence-corrected chi connectivity index (χ0v) is 15.6. The highest BCUT2D eigenvalue weighted by Crippen LogP contribution is 2.39. The van der Waals surface area contributed by atoms with Crippen molar-refractivity contribution in [1.82, 2.24) is 0 Å². The summed E-state index contributed by atoms with van der Waals surface area (Å²) in [5.74, 6) is 0.123. The molecule has 0 aliphatic rings. The predicted octanol–water partition coefficient (Wildman–Crippen LogP) is 4.69. The van der Waals surface area contributed by atoms with Crippen LogP contribution in [0.4, 0.5) is 0 Å². The Morgan fingerprint density at radius 3 is 1.91 bits per heavy atom. The van der Waals surface area contributed by atoms with Gasteiger partial charge in [0.15, 0.2) is 0 Å². The van der Waals surface area contributed by atoms with Crippen LogP contribution in [-0.4, -0.2) is 17.2 Å². The molecule has 0 heterocycles. The molecule has 0 aliphatic carbocycles. The quantitative estimate of drug-likeness (QED) is 0.819. The van der Waals surface area contributed by atoms with Crippen molar-refractivity contribution >= 4 is 5.97 Å². The molecular weight excluding hydrogens is 288 g/mol. The fourth-order valence-corrected chi connectivity index (χ4v) is 2.51. The number of rotatable bonds is 4. The van der Waals surface area contributed by atoms with E-state index in [2.05, 4.69) is 48.5 Å². The highest BCUT2D eigenvalue weighted by molar-refractivity contribution is 5.70. The van der Waals surface area contributed by atoms with Gasteiger partial charge in [0.2, 0.25) is 0 Å². The van der Waals surface area contributed by atoms with Crippen LogP contribution in [0.3, 0.4) is 0 Å². The standard InChI is InChI=1S/C20H31O3/c1-13(2)23-17(21)10-9-14-11-15(19(3,4)5)18(22)16(12-14)20(6,7)8/h11-13,22H,1,9-10H2,2-8H3. The van der Waals surface area contributed by atoms with Crippen molar-refractivity contribution in [3.63, 3.8) is 0 Å². The van der Waals surface area contributed by atoms with Gasteiger partial charge in [0.1, 0.15) is 5.75 Å². The van der Waals surface area contributed by atoms with Crippen LogP contribution in [0.25, 0.3) is 0 Å². The number of phenols is 1. The summed E-state index contributed by atoms with van der Waals surface area (Å²) in [6.45, 7) is 17.9. The Kier molecular flexibility index (Phi) is 5.89. The number of hydrogen-bond donors (Lipinski definition) is 1. The third-order valence-electron chi connectivity index (χ3n) is 3.74. The second-order valence-corrected chi connectivity index (χ2v) is 8.34. The summed E-state index contributed by atoms with van der Waals surface area (Å²) >= 11 is 0. The Hall–Kier alpha value is -1.51. The van der Waals surface area contributed by atoms with E-state index < -0.39 is 0 Å². The SMILES string of the molecule is [CH2]C(C)OC(=O)CCc1cc(C(C)(C)C)c(O)c(C(C)(C)C)c1. The van der Waals surface area contributed by atoms with Crippen molar-refractivity contribution < 1.29 is 14.6 Å². The molecule has 1 radical (unpaired) electrons. The molecule has 1 aromatic carbocycles. The zero-order valence-electron chi connectivity index (χ0n) is 15.6. The molecule has 0 fully saturated rings. The summed E-state index contributed by atoms with van der Waals surface area (Å²) in [7, 11) is 0. The van der Waals surface area contributed by atoms with E-state index in [-0.39, 0.29) is 22.9 Å². The van der Waals surface area contributed by atoms with Gasteiger partial charge in [-0.05, 0) is 47.8 Å². The molecule has 0 amide bonds. The average molecular weight is 319 g/mol. The Bertz CT molecular complexity index is 522. The summed E-state index contributed by atoms with van der Waals surface area (Å²) in [5, 5.41) is 10.7. The van der Waals surface area contributed by atoms with Crippen molar-refractivity contribution in [3.8, 4) is 5.75 Å². The molecule has 0 saturated heterocycles. The van der Waals surface area contributed by atoms with E-state index in [1.54, 1.807) is 6.92 Å². The lowest BCUT2D eigenvalue weighted by Crippen LogP contribution is -2.18. The van der Waals surface area contributed by atoms with Gasteiger partial charge in [-0.15, -0.1) is 0 Å². The number of carbonyl (C=O) groups excluding carboxylic acids is 1. The van der Waals surface area contributed by atoms with Gasteiger partial charge >= 0.3 is 5.97 Å². The Balaban J connectivity index is 3.16. The molecule has 23 heavy (non-hydrogen) atoms. The second-order valence-electron chi connectivity index (χ2n) is 8.34. The highest BCUT2D eigenvalue weighted by Gasteiger charge is 2.26. The minimum Gasteiger partial charge on any atom is -0.507 e. The third-order valence-corrected chi connectivity index (χ3v) is 3.74. The fraction of sp³-hybridized carbons (Fsp3) is 0.600. The van der Waals surface area contributed by atoms with Crippen molar-refractivity contribution in [1.29, 1.82) is 0 Å². The Labute approximate surface area is 141 Å². The van der Waals surface area contributed by atoms with Crippen LogP contribution in [0.5, 0.6) is 5.75 Å². The molecule has 1 aromatic rings. The van der Waals surface area contributed by atoms with Crippen molar-refractivity contribution in [2.75, 3.05) is 0 Å². The predicted molar refractivity (Wildman–Crippen MR) is 94.7 cm³/mol. The van der Waals surface area contributed by atoms with Gasteiger partial charge in [-0.1, -0.05) is 53.7 Å². The van der Waals surface area contributed by atoms with Gasteiger partial charge in [-0.25, -0.2) is 0 Å². The molecule has 0 aliphatic heterocycles. The Morgan fingerprint density at radius 1 is 1.13 bits per heavy atom. The molecule has 129 valence electrons. The molecule has 1 unspecified atom stereocenters. The van der Waals surface area contributed by atoms with Crippen LogP contribution in [0.15, 0.2) is 12.1 Å². The first-order valence-corrected chi connectivity index (χ1v) is 8.21. The second kappa shape index (κ2) is 6.94. The summed E-state index contributed by atoms with van der Waals surface area (Å²) in [5.41, 5.74) is 2.55. The van der Waals surface area contributed by atoms with Gasteiger partial charge in [0.25, 0.3) is 0 Å². The minimum absolute atomic E-state index is 0.164. The van der Waals surface area contributed by atoms with Gasteiger partial charge in [0, 0.05) is 6.42 Å². The topological polar surface area (TPSA) is 46.5 Å². The van der Waals surface area contributed by atoms with Gasteiger partial charge in [0.05, 0.1) is 6.10 Å². The van der Waals surface area contributed by atoms with Crippen molar-refractivity contribution in [2.24, 2.45) is 0 Å². The van der Waals surface area contributed by atoms with E-state index >= 15 is 0 Å². The molecule has 1 atom stereocenters. The largest absolute Gasteiger partial charge is 0.507 e. The number of ether oxygens (including phenoxy) is 1. The maximum atomic E-state index is 11.7. The summed E-state index contributed by atoms with van der Waals surface area (Å²) in [6.07, 6.45) is 0.577. The van der Waals surface area contributed by atoms with Crippen LogP contribution in [-0.2, 0) is 26.8 Å². The Morgan fingerprint density at radius 2 is 1.57 bits per heavy atom. The van der Waals surface area contributed by atoms with E-state index in [1.807, 2.05) is 12.1 Å². The molecule has 0 aromatic heterocycles.